The molecular weight excluding hydrogens is 332 g/mol. The second-order valence-electron chi connectivity index (χ2n) is 5.53. The minimum absolute atomic E-state index is 0.108. The van der Waals surface area contributed by atoms with Crippen LogP contribution in [0.4, 0.5) is 5.69 Å². The molecule has 2 heterocycles. The maximum absolute atomic E-state index is 5.77. The molecule has 0 aliphatic rings. The minimum Gasteiger partial charge on any atom is -0.481 e. The molecule has 0 radical (unpaired) electrons. The van der Waals surface area contributed by atoms with Gasteiger partial charge in [-0.3, -0.25) is 0 Å². The maximum Gasteiger partial charge on any atom is 0.330 e. The van der Waals surface area contributed by atoms with Gasteiger partial charge in [0.2, 0.25) is 17.6 Å². The van der Waals surface area contributed by atoms with Crippen LogP contribution in [0.15, 0.2) is 48.7 Å². The summed E-state index contributed by atoms with van der Waals surface area (Å²) in [6, 6.07) is 13.6. The number of hydrogen-bond acceptors (Lipinski definition) is 7. The van der Waals surface area contributed by atoms with Gasteiger partial charge in [0.05, 0.1) is 20.3 Å². The number of aryl methyl sites for hydroxylation is 1. The van der Waals surface area contributed by atoms with Crippen molar-refractivity contribution in [3.63, 3.8) is 0 Å². The van der Waals surface area contributed by atoms with Crippen LogP contribution in [0, 0.1) is 6.92 Å². The molecule has 26 heavy (non-hydrogen) atoms. The largest absolute Gasteiger partial charge is 0.481 e. The highest BCUT2D eigenvalue weighted by Gasteiger charge is 2.11. The Balaban J connectivity index is 1.79. The van der Waals surface area contributed by atoms with Crippen LogP contribution in [0.25, 0.3) is 0 Å². The molecule has 0 spiro atoms. The van der Waals surface area contributed by atoms with E-state index < -0.39 is 0 Å². The van der Waals surface area contributed by atoms with Crippen LogP contribution in [0.3, 0.4) is 0 Å². The lowest BCUT2D eigenvalue weighted by molar-refractivity contribution is 0.344. The predicted molar refractivity (Wildman–Crippen MR) is 98.0 cm³/mol. The molecule has 134 valence electrons. The molecule has 0 atom stereocenters. The Hall–Kier alpha value is -3.35. The number of aromatic nitrogens is 3. The molecule has 0 unspecified atom stereocenters. The highest BCUT2D eigenvalue weighted by Crippen LogP contribution is 2.25. The molecule has 1 N–H and O–H groups in total. The van der Waals surface area contributed by atoms with E-state index in [4.69, 9.17) is 14.2 Å². The van der Waals surface area contributed by atoms with Crippen molar-refractivity contribution < 1.29 is 14.2 Å². The summed E-state index contributed by atoms with van der Waals surface area (Å²) in [7, 11) is 3.03. The highest BCUT2D eigenvalue weighted by molar-refractivity contribution is 5.46. The first-order valence-corrected chi connectivity index (χ1v) is 8.07. The fraction of sp³-hybridized carbons (Fsp3) is 0.211. The smallest absolute Gasteiger partial charge is 0.330 e. The number of benzene rings is 1. The second-order valence-corrected chi connectivity index (χ2v) is 5.53. The number of ether oxygens (including phenoxy) is 3. The fourth-order valence-corrected chi connectivity index (χ4v) is 2.33. The van der Waals surface area contributed by atoms with Crippen LogP contribution < -0.4 is 19.5 Å². The first-order valence-electron chi connectivity index (χ1n) is 8.07. The molecule has 0 bridgehead atoms. The Labute approximate surface area is 152 Å². The van der Waals surface area contributed by atoms with Gasteiger partial charge in [-0.1, -0.05) is 18.2 Å². The van der Waals surface area contributed by atoms with E-state index in [9.17, 15) is 0 Å². The molecule has 3 aromatic rings. The van der Waals surface area contributed by atoms with Gasteiger partial charge in [-0.25, -0.2) is 4.98 Å². The summed E-state index contributed by atoms with van der Waals surface area (Å²) in [4.78, 5) is 12.6. The molecule has 0 aliphatic heterocycles. The predicted octanol–water partition coefficient (Wildman–Crippen LogP) is 3.60. The van der Waals surface area contributed by atoms with Gasteiger partial charge in [0.25, 0.3) is 0 Å². The van der Waals surface area contributed by atoms with Gasteiger partial charge in [-0.05, 0) is 30.7 Å². The number of hydrogen-bond donors (Lipinski definition) is 1. The Morgan fingerprint density at radius 1 is 0.962 bits per heavy atom. The average Bonchev–Trinajstić information content (AvgIpc) is 2.67. The molecule has 2 aromatic heterocycles. The summed E-state index contributed by atoms with van der Waals surface area (Å²) in [6.45, 7) is 2.60. The monoisotopic (exact) mass is 352 g/mol. The van der Waals surface area contributed by atoms with Crippen molar-refractivity contribution in [2.45, 2.75) is 13.5 Å². The van der Waals surface area contributed by atoms with E-state index in [2.05, 4.69) is 39.3 Å². The normalized spacial score (nSPS) is 10.3. The van der Waals surface area contributed by atoms with E-state index in [1.807, 2.05) is 24.3 Å². The number of anilines is 1. The molecule has 7 nitrogen and oxygen atoms in total. The van der Waals surface area contributed by atoms with E-state index in [1.54, 1.807) is 12.3 Å². The highest BCUT2D eigenvalue weighted by atomic mass is 16.5. The standard InChI is InChI=1S/C19H20N4O3/c1-13-6-4-8-15(10-13)21-12-14-7-5-9-20-18(14)26-19-22-16(24-2)11-17(23-19)25-3/h4-11,21H,12H2,1-3H3. The fourth-order valence-electron chi connectivity index (χ4n) is 2.33. The van der Waals surface area contributed by atoms with E-state index >= 15 is 0 Å². The number of methoxy groups -OCH3 is 2. The van der Waals surface area contributed by atoms with Crippen LogP contribution in [0.5, 0.6) is 23.7 Å². The van der Waals surface area contributed by atoms with Crippen LogP contribution in [-0.2, 0) is 6.54 Å². The number of pyridine rings is 1. The van der Waals surface area contributed by atoms with Crippen molar-refractivity contribution in [1.29, 1.82) is 0 Å². The summed E-state index contributed by atoms with van der Waals surface area (Å²) >= 11 is 0. The third-order valence-electron chi connectivity index (χ3n) is 3.62. The van der Waals surface area contributed by atoms with Crippen molar-refractivity contribution in [1.82, 2.24) is 15.0 Å². The first kappa shape index (κ1) is 17.5. The zero-order valence-electron chi connectivity index (χ0n) is 14.9. The summed E-state index contributed by atoms with van der Waals surface area (Å²) in [5, 5.41) is 3.36. The molecule has 0 fully saturated rings. The van der Waals surface area contributed by atoms with E-state index in [0.717, 1.165) is 11.3 Å². The molecular formula is C19H20N4O3. The lowest BCUT2D eigenvalue weighted by Crippen LogP contribution is -2.04. The number of nitrogens with zero attached hydrogens (tertiary/aromatic N) is 3. The van der Waals surface area contributed by atoms with E-state index in [-0.39, 0.29) is 6.01 Å². The first-order chi connectivity index (χ1) is 12.7. The summed E-state index contributed by atoms with van der Waals surface area (Å²) in [5.41, 5.74) is 3.09. The van der Waals surface area contributed by atoms with E-state index in [1.165, 1.54) is 19.8 Å². The van der Waals surface area contributed by atoms with Crippen LogP contribution in [0.1, 0.15) is 11.1 Å². The molecule has 1 aromatic carbocycles. The quantitative estimate of drug-likeness (QED) is 0.696. The van der Waals surface area contributed by atoms with Crippen molar-refractivity contribution in [3.05, 3.63) is 59.8 Å². The van der Waals surface area contributed by atoms with E-state index in [0.29, 0.717) is 24.2 Å². The summed E-state index contributed by atoms with van der Waals surface area (Å²) < 4.78 is 16.0. The topological polar surface area (TPSA) is 78.4 Å². The Bertz CT molecular complexity index is 864. The number of rotatable bonds is 7. The zero-order chi connectivity index (χ0) is 18.4. The second kappa shape index (κ2) is 8.15. The van der Waals surface area contributed by atoms with Gasteiger partial charge >= 0.3 is 6.01 Å². The third-order valence-corrected chi connectivity index (χ3v) is 3.62. The molecule has 0 aliphatic carbocycles. The minimum atomic E-state index is 0.108. The summed E-state index contributed by atoms with van der Waals surface area (Å²) in [6.07, 6.45) is 1.66. The van der Waals surface area contributed by atoms with Crippen molar-refractivity contribution in [2.75, 3.05) is 19.5 Å². The van der Waals surface area contributed by atoms with Crippen molar-refractivity contribution in [3.8, 4) is 23.7 Å². The maximum atomic E-state index is 5.77. The van der Waals surface area contributed by atoms with Crippen molar-refractivity contribution in [2.24, 2.45) is 0 Å². The van der Waals surface area contributed by atoms with Crippen molar-refractivity contribution >= 4 is 5.69 Å². The van der Waals surface area contributed by atoms with Gasteiger partial charge in [0.15, 0.2) is 0 Å². The molecule has 0 saturated heterocycles. The average molecular weight is 352 g/mol. The van der Waals surface area contributed by atoms with Gasteiger partial charge in [0, 0.05) is 24.0 Å². The lowest BCUT2D eigenvalue weighted by atomic mass is 10.2. The molecule has 0 saturated carbocycles. The third kappa shape index (κ3) is 4.38. The van der Waals surface area contributed by atoms with Gasteiger partial charge in [-0.15, -0.1) is 0 Å². The van der Waals surface area contributed by atoms with Gasteiger partial charge in [0.1, 0.15) is 0 Å². The SMILES string of the molecule is COc1cc(OC)nc(Oc2ncccc2CNc2cccc(C)c2)n1. The Kier molecular flexibility index (Phi) is 5.48. The molecule has 3 rings (SSSR count). The molecule has 7 heteroatoms. The van der Waals surface area contributed by atoms with Crippen LogP contribution in [0.2, 0.25) is 0 Å². The summed E-state index contributed by atoms with van der Waals surface area (Å²) in [5.74, 6) is 1.12. The lowest BCUT2D eigenvalue weighted by Gasteiger charge is -2.12. The number of nitrogens with one attached hydrogen (secondary N) is 1. The Morgan fingerprint density at radius 2 is 1.73 bits per heavy atom. The van der Waals surface area contributed by atoms with Gasteiger partial charge in [-0.2, -0.15) is 9.97 Å². The van der Waals surface area contributed by atoms with Crippen LogP contribution >= 0.6 is 0 Å². The van der Waals surface area contributed by atoms with Gasteiger partial charge < -0.3 is 19.5 Å². The molecule has 0 amide bonds. The Morgan fingerprint density at radius 3 is 2.42 bits per heavy atom. The zero-order valence-corrected chi connectivity index (χ0v) is 14.9. The van der Waals surface area contributed by atoms with Crippen LogP contribution in [-0.4, -0.2) is 29.2 Å².